The number of piperidine rings is 1. The van der Waals surface area contributed by atoms with Crippen molar-refractivity contribution in [1.29, 1.82) is 0 Å². The number of rotatable bonds is 2. The van der Waals surface area contributed by atoms with Gasteiger partial charge >= 0.3 is 5.97 Å². The number of carbonyl (C=O) groups excluding carboxylic acids is 2. The number of carbonyl (C=O) groups is 2. The van der Waals surface area contributed by atoms with Gasteiger partial charge in [0.2, 0.25) is 5.91 Å². The number of hydrogen-bond donors (Lipinski definition) is 0. The summed E-state index contributed by atoms with van der Waals surface area (Å²) in [6, 6.07) is 0.327. The molecule has 0 spiro atoms. The number of nitrogens with zero attached hydrogens (tertiary/aromatic N) is 1. The molecule has 1 saturated heterocycles. The Balaban J connectivity index is 2.15. The first-order valence-corrected chi connectivity index (χ1v) is 7.34. The third-order valence-corrected chi connectivity index (χ3v) is 4.56. The highest BCUT2D eigenvalue weighted by molar-refractivity contribution is 5.86. The summed E-state index contributed by atoms with van der Waals surface area (Å²) in [6.07, 6.45) is 6.41. The maximum Gasteiger partial charge on any atom is 0.310 e. The highest BCUT2D eigenvalue weighted by Gasteiger charge is 2.45. The average molecular weight is 267 g/mol. The van der Waals surface area contributed by atoms with E-state index < -0.39 is 5.41 Å². The summed E-state index contributed by atoms with van der Waals surface area (Å²) < 4.78 is 4.88. The van der Waals surface area contributed by atoms with Crippen LogP contribution in [0, 0.1) is 11.3 Å². The van der Waals surface area contributed by atoms with Gasteiger partial charge in [-0.05, 0) is 19.3 Å². The van der Waals surface area contributed by atoms with E-state index in [1.54, 1.807) is 0 Å². The molecular formula is C15H25NO3. The average Bonchev–Trinajstić information content (AvgIpc) is 2.41. The Bertz CT molecular complexity index is 358. The van der Waals surface area contributed by atoms with Crippen molar-refractivity contribution < 1.29 is 14.3 Å². The first kappa shape index (κ1) is 14.4. The molecule has 19 heavy (non-hydrogen) atoms. The molecule has 1 atom stereocenters. The molecule has 0 aromatic heterocycles. The molecule has 2 fully saturated rings. The fourth-order valence-electron chi connectivity index (χ4n) is 3.51. The zero-order valence-corrected chi connectivity index (χ0v) is 12.3. The van der Waals surface area contributed by atoms with Crippen molar-refractivity contribution in [2.24, 2.45) is 11.3 Å². The summed E-state index contributed by atoms with van der Waals surface area (Å²) in [5.74, 6) is -0.138. The van der Waals surface area contributed by atoms with Gasteiger partial charge in [-0.15, -0.1) is 0 Å². The zero-order chi connectivity index (χ0) is 14.0. The number of likely N-dealkylation sites (tertiary alicyclic amines) is 1. The van der Waals surface area contributed by atoms with Gasteiger partial charge in [-0.2, -0.15) is 0 Å². The van der Waals surface area contributed by atoms with Crippen molar-refractivity contribution in [2.75, 3.05) is 13.7 Å². The summed E-state index contributed by atoms with van der Waals surface area (Å²) in [5.41, 5.74) is -0.450. The summed E-state index contributed by atoms with van der Waals surface area (Å²) in [6.45, 7) is 4.43. The minimum atomic E-state index is -0.450. The van der Waals surface area contributed by atoms with Gasteiger partial charge in [-0.1, -0.05) is 33.1 Å². The summed E-state index contributed by atoms with van der Waals surface area (Å²) >= 11 is 0. The van der Waals surface area contributed by atoms with Crippen LogP contribution >= 0.6 is 0 Å². The minimum absolute atomic E-state index is 0.167. The molecule has 0 N–H and O–H groups in total. The molecular weight excluding hydrogens is 242 g/mol. The van der Waals surface area contributed by atoms with Crippen LogP contribution in [-0.2, 0) is 14.3 Å². The van der Waals surface area contributed by atoms with E-state index in [1.165, 1.54) is 26.4 Å². The zero-order valence-electron chi connectivity index (χ0n) is 12.3. The monoisotopic (exact) mass is 267 g/mol. The van der Waals surface area contributed by atoms with Crippen LogP contribution < -0.4 is 0 Å². The van der Waals surface area contributed by atoms with Crippen LogP contribution in [-0.4, -0.2) is 36.5 Å². The first-order chi connectivity index (χ1) is 8.95. The summed E-state index contributed by atoms with van der Waals surface area (Å²) in [4.78, 5) is 26.4. The molecule has 1 aliphatic heterocycles. The van der Waals surface area contributed by atoms with Gasteiger partial charge in [0.05, 0.1) is 13.0 Å². The predicted octanol–water partition coefficient (Wildman–Crippen LogP) is 2.37. The van der Waals surface area contributed by atoms with Gasteiger partial charge in [0.1, 0.15) is 0 Å². The van der Waals surface area contributed by atoms with Crippen molar-refractivity contribution >= 4 is 11.9 Å². The van der Waals surface area contributed by atoms with Crippen molar-refractivity contribution in [3.05, 3.63) is 0 Å². The molecule has 1 saturated carbocycles. The predicted molar refractivity (Wildman–Crippen MR) is 72.5 cm³/mol. The van der Waals surface area contributed by atoms with Crippen molar-refractivity contribution in [1.82, 2.24) is 4.90 Å². The van der Waals surface area contributed by atoms with Crippen molar-refractivity contribution in [2.45, 2.75) is 58.4 Å². The van der Waals surface area contributed by atoms with Gasteiger partial charge in [0, 0.05) is 18.0 Å². The second kappa shape index (κ2) is 5.51. The van der Waals surface area contributed by atoms with E-state index in [-0.39, 0.29) is 17.8 Å². The smallest absolute Gasteiger partial charge is 0.310 e. The van der Waals surface area contributed by atoms with Gasteiger partial charge in [-0.25, -0.2) is 0 Å². The number of ether oxygens (including phenoxy) is 1. The largest absolute Gasteiger partial charge is 0.469 e. The minimum Gasteiger partial charge on any atom is -0.469 e. The molecule has 108 valence electrons. The quantitative estimate of drug-likeness (QED) is 0.722. The third-order valence-electron chi connectivity index (χ3n) is 4.56. The highest BCUT2D eigenvalue weighted by Crippen LogP contribution is 2.37. The van der Waals surface area contributed by atoms with Crippen LogP contribution in [0.5, 0.6) is 0 Å². The number of hydrogen-bond acceptors (Lipinski definition) is 3. The number of amides is 1. The standard InChI is InChI=1S/C15H25NO3/c1-15(2)9-11(13(17)19-3)10-16(14(15)18)12-7-5-4-6-8-12/h11-12H,4-10H2,1-3H3. The maximum absolute atomic E-state index is 12.6. The van der Waals surface area contributed by atoms with E-state index in [0.29, 0.717) is 19.0 Å². The lowest BCUT2D eigenvalue weighted by Gasteiger charge is -2.45. The van der Waals surface area contributed by atoms with E-state index in [0.717, 1.165) is 12.8 Å². The number of esters is 1. The Morgan fingerprint density at radius 3 is 2.47 bits per heavy atom. The van der Waals surface area contributed by atoms with E-state index in [4.69, 9.17) is 4.74 Å². The molecule has 1 aliphatic carbocycles. The lowest BCUT2D eigenvalue weighted by molar-refractivity contribution is -0.159. The van der Waals surface area contributed by atoms with Gasteiger partial charge in [0.25, 0.3) is 0 Å². The fraction of sp³-hybridized carbons (Fsp3) is 0.867. The summed E-state index contributed by atoms with van der Waals surface area (Å²) in [7, 11) is 1.43. The normalized spacial score (nSPS) is 28.3. The topological polar surface area (TPSA) is 46.6 Å². The van der Waals surface area contributed by atoms with Gasteiger partial charge in [0.15, 0.2) is 0 Å². The lowest BCUT2D eigenvalue weighted by Crippen LogP contribution is -2.55. The SMILES string of the molecule is COC(=O)C1CN(C2CCCCC2)C(=O)C(C)(C)C1. The van der Waals surface area contributed by atoms with E-state index in [1.807, 2.05) is 18.7 Å². The molecule has 1 unspecified atom stereocenters. The van der Waals surface area contributed by atoms with Crippen LogP contribution in [0.2, 0.25) is 0 Å². The molecule has 2 rings (SSSR count). The van der Waals surface area contributed by atoms with Crippen LogP contribution in [0.4, 0.5) is 0 Å². The van der Waals surface area contributed by atoms with Crippen LogP contribution in [0.25, 0.3) is 0 Å². The second-order valence-electron chi connectivity index (χ2n) is 6.56. The fourth-order valence-corrected chi connectivity index (χ4v) is 3.51. The Morgan fingerprint density at radius 2 is 1.89 bits per heavy atom. The Hall–Kier alpha value is -1.06. The molecule has 0 aromatic carbocycles. The maximum atomic E-state index is 12.6. The molecule has 1 amide bonds. The Kier molecular flexibility index (Phi) is 4.16. The Morgan fingerprint density at radius 1 is 1.26 bits per heavy atom. The molecule has 4 nitrogen and oxygen atoms in total. The first-order valence-electron chi connectivity index (χ1n) is 7.34. The number of methoxy groups -OCH3 is 1. The molecule has 0 radical (unpaired) electrons. The summed E-state index contributed by atoms with van der Waals surface area (Å²) in [5, 5.41) is 0. The van der Waals surface area contributed by atoms with Crippen LogP contribution in [0.1, 0.15) is 52.4 Å². The van der Waals surface area contributed by atoms with E-state index in [9.17, 15) is 9.59 Å². The highest BCUT2D eigenvalue weighted by atomic mass is 16.5. The molecule has 0 aromatic rings. The van der Waals surface area contributed by atoms with Crippen LogP contribution in [0.3, 0.4) is 0 Å². The lowest BCUT2D eigenvalue weighted by atomic mass is 9.76. The van der Waals surface area contributed by atoms with Crippen LogP contribution in [0.15, 0.2) is 0 Å². The Labute approximate surface area is 115 Å². The van der Waals surface area contributed by atoms with Crippen molar-refractivity contribution in [3.8, 4) is 0 Å². The molecule has 4 heteroatoms. The van der Waals surface area contributed by atoms with Gasteiger partial charge < -0.3 is 9.64 Å². The third kappa shape index (κ3) is 2.93. The molecule has 2 aliphatic rings. The molecule has 1 heterocycles. The second-order valence-corrected chi connectivity index (χ2v) is 6.56. The molecule has 0 bridgehead atoms. The van der Waals surface area contributed by atoms with Crippen molar-refractivity contribution in [3.63, 3.8) is 0 Å². The van der Waals surface area contributed by atoms with Gasteiger partial charge in [-0.3, -0.25) is 9.59 Å². The van der Waals surface area contributed by atoms with E-state index >= 15 is 0 Å². The van der Waals surface area contributed by atoms with E-state index in [2.05, 4.69) is 0 Å².